The molecule has 1 fully saturated rings. The molecule has 0 bridgehead atoms. The number of nitrogens with zero attached hydrogens (tertiary/aromatic N) is 3. The van der Waals surface area contributed by atoms with Crippen molar-refractivity contribution in [3.05, 3.63) is 35.4 Å². The number of hydrogen-bond donors (Lipinski definition) is 0. The standard InChI is InChI=1S/C20H33N3/c1-3-23(13-7-12-22-16-14-21(2)15-17-22)20-11-6-9-18-8-4-5-10-19(18)20/h4-5,8,10,20H,3,6-7,9,11-17H2,1-2H3. The lowest BCUT2D eigenvalue weighted by Crippen LogP contribution is -2.45. The summed E-state index contributed by atoms with van der Waals surface area (Å²) in [6, 6.07) is 9.76. The maximum atomic E-state index is 2.72. The molecule has 0 N–H and O–H groups in total. The van der Waals surface area contributed by atoms with E-state index < -0.39 is 0 Å². The van der Waals surface area contributed by atoms with Crippen LogP contribution in [-0.2, 0) is 6.42 Å². The lowest BCUT2D eigenvalue weighted by atomic mass is 9.86. The van der Waals surface area contributed by atoms with Crippen molar-refractivity contribution < 1.29 is 0 Å². The molecule has 0 spiro atoms. The van der Waals surface area contributed by atoms with Gasteiger partial charge in [-0.3, -0.25) is 4.90 Å². The van der Waals surface area contributed by atoms with Crippen LogP contribution in [0, 0.1) is 0 Å². The van der Waals surface area contributed by atoms with Gasteiger partial charge in [0.05, 0.1) is 0 Å². The van der Waals surface area contributed by atoms with Gasteiger partial charge in [-0.05, 0) is 63.5 Å². The second-order valence-electron chi connectivity index (χ2n) is 7.23. The third-order valence-electron chi connectivity index (χ3n) is 5.70. The van der Waals surface area contributed by atoms with Crippen LogP contribution in [0.3, 0.4) is 0 Å². The Labute approximate surface area is 142 Å². The van der Waals surface area contributed by atoms with E-state index in [-0.39, 0.29) is 0 Å². The number of rotatable bonds is 6. The highest BCUT2D eigenvalue weighted by atomic mass is 15.2. The topological polar surface area (TPSA) is 9.72 Å². The molecule has 3 nitrogen and oxygen atoms in total. The number of aryl methyl sites for hydroxylation is 1. The molecule has 1 aliphatic heterocycles. The summed E-state index contributed by atoms with van der Waals surface area (Å²) in [5, 5.41) is 0. The van der Waals surface area contributed by atoms with Crippen LogP contribution in [0.15, 0.2) is 24.3 Å². The fourth-order valence-electron chi connectivity index (χ4n) is 4.21. The van der Waals surface area contributed by atoms with Crippen molar-refractivity contribution in [1.29, 1.82) is 0 Å². The molecule has 1 unspecified atom stereocenters. The van der Waals surface area contributed by atoms with E-state index >= 15 is 0 Å². The van der Waals surface area contributed by atoms with Crippen LogP contribution < -0.4 is 0 Å². The molecule has 128 valence electrons. The van der Waals surface area contributed by atoms with Crippen molar-refractivity contribution in [1.82, 2.24) is 14.7 Å². The monoisotopic (exact) mass is 315 g/mol. The maximum absolute atomic E-state index is 2.72. The molecule has 2 aliphatic rings. The van der Waals surface area contributed by atoms with Crippen molar-refractivity contribution >= 4 is 0 Å². The van der Waals surface area contributed by atoms with E-state index in [4.69, 9.17) is 0 Å². The van der Waals surface area contributed by atoms with E-state index in [0.717, 1.165) is 0 Å². The third-order valence-corrected chi connectivity index (χ3v) is 5.70. The second-order valence-corrected chi connectivity index (χ2v) is 7.23. The van der Waals surface area contributed by atoms with Crippen LogP contribution in [0.25, 0.3) is 0 Å². The molecule has 1 heterocycles. The summed E-state index contributed by atoms with van der Waals surface area (Å²) in [4.78, 5) is 7.80. The second kappa shape index (κ2) is 8.27. The largest absolute Gasteiger partial charge is 0.304 e. The van der Waals surface area contributed by atoms with E-state index in [1.54, 1.807) is 11.1 Å². The van der Waals surface area contributed by atoms with Crippen molar-refractivity contribution in [2.75, 3.05) is 52.9 Å². The Morgan fingerprint density at radius 2 is 1.91 bits per heavy atom. The third kappa shape index (κ3) is 4.34. The Morgan fingerprint density at radius 3 is 2.70 bits per heavy atom. The minimum Gasteiger partial charge on any atom is -0.304 e. The maximum Gasteiger partial charge on any atom is 0.0350 e. The lowest BCUT2D eigenvalue weighted by molar-refractivity contribution is 0.135. The predicted octanol–water partition coefficient (Wildman–Crippen LogP) is 3.02. The Morgan fingerprint density at radius 1 is 1.13 bits per heavy atom. The molecule has 0 saturated carbocycles. The molecule has 0 radical (unpaired) electrons. The molecule has 0 amide bonds. The van der Waals surface area contributed by atoms with Crippen LogP contribution in [-0.4, -0.2) is 67.6 Å². The predicted molar refractivity (Wildman–Crippen MR) is 97.9 cm³/mol. The number of fused-ring (bicyclic) bond motifs is 1. The minimum absolute atomic E-state index is 0.650. The molecule has 1 aromatic carbocycles. The number of benzene rings is 1. The minimum atomic E-state index is 0.650. The van der Waals surface area contributed by atoms with Gasteiger partial charge in [0.2, 0.25) is 0 Å². The highest BCUT2D eigenvalue weighted by molar-refractivity contribution is 5.32. The Bertz CT molecular complexity index is 480. The van der Waals surface area contributed by atoms with Crippen molar-refractivity contribution in [2.45, 2.75) is 38.6 Å². The molecule has 0 aromatic heterocycles. The summed E-state index contributed by atoms with van der Waals surface area (Å²) < 4.78 is 0. The van der Waals surface area contributed by atoms with Gasteiger partial charge in [-0.1, -0.05) is 31.2 Å². The van der Waals surface area contributed by atoms with Gasteiger partial charge in [-0.2, -0.15) is 0 Å². The van der Waals surface area contributed by atoms with E-state index in [1.807, 2.05) is 0 Å². The van der Waals surface area contributed by atoms with Crippen LogP contribution >= 0.6 is 0 Å². The first-order valence-corrected chi connectivity index (χ1v) is 9.50. The molecule has 3 rings (SSSR count). The summed E-state index contributed by atoms with van der Waals surface area (Å²) in [5.41, 5.74) is 3.18. The van der Waals surface area contributed by atoms with E-state index in [1.165, 1.54) is 71.5 Å². The van der Waals surface area contributed by atoms with E-state index in [2.05, 4.69) is 52.9 Å². The van der Waals surface area contributed by atoms with Crippen LogP contribution in [0.1, 0.15) is 43.4 Å². The van der Waals surface area contributed by atoms with Gasteiger partial charge in [0.15, 0.2) is 0 Å². The zero-order chi connectivity index (χ0) is 16.1. The molecular weight excluding hydrogens is 282 g/mol. The number of hydrogen-bond acceptors (Lipinski definition) is 3. The lowest BCUT2D eigenvalue weighted by Gasteiger charge is -2.36. The summed E-state index contributed by atoms with van der Waals surface area (Å²) in [6.45, 7) is 10.9. The molecular formula is C20H33N3. The van der Waals surface area contributed by atoms with Crippen LogP contribution in [0.2, 0.25) is 0 Å². The fourth-order valence-corrected chi connectivity index (χ4v) is 4.21. The van der Waals surface area contributed by atoms with Crippen LogP contribution in [0.5, 0.6) is 0 Å². The first-order chi connectivity index (χ1) is 11.3. The van der Waals surface area contributed by atoms with Gasteiger partial charge < -0.3 is 9.80 Å². The molecule has 3 heteroatoms. The van der Waals surface area contributed by atoms with Crippen molar-refractivity contribution in [3.63, 3.8) is 0 Å². The Hall–Kier alpha value is -0.900. The average molecular weight is 316 g/mol. The molecule has 1 atom stereocenters. The zero-order valence-corrected chi connectivity index (χ0v) is 15.0. The van der Waals surface area contributed by atoms with Gasteiger partial charge in [-0.25, -0.2) is 0 Å². The molecule has 1 aliphatic carbocycles. The highest BCUT2D eigenvalue weighted by Crippen LogP contribution is 2.34. The highest BCUT2D eigenvalue weighted by Gasteiger charge is 2.24. The number of likely N-dealkylation sites (N-methyl/N-ethyl adjacent to an activating group) is 1. The Balaban J connectivity index is 1.52. The fraction of sp³-hybridized carbons (Fsp3) is 0.700. The van der Waals surface area contributed by atoms with Gasteiger partial charge in [-0.15, -0.1) is 0 Å². The van der Waals surface area contributed by atoms with E-state index in [0.29, 0.717) is 6.04 Å². The quantitative estimate of drug-likeness (QED) is 0.799. The first-order valence-electron chi connectivity index (χ1n) is 9.50. The summed E-state index contributed by atoms with van der Waals surface area (Å²) >= 11 is 0. The zero-order valence-electron chi connectivity index (χ0n) is 15.0. The van der Waals surface area contributed by atoms with Gasteiger partial charge >= 0.3 is 0 Å². The average Bonchev–Trinajstić information content (AvgIpc) is 2.60. The summed E-state index contributed by atoms with van der Waals surface area (Å²) in [6.07, 6.45) is 5.25. The smallest absolute Gasteiger partial charge is 0.0350 e. The van der Waals surface area contributed by atoms with Gasteiger partial charge in [0.1, 0.15) is 0 Å². The Kier molecular flexibility index (Phi) is 6.09. The summed E-state index contributed by atoms with van der Waals surface area (Å²) in [5.74, 6) is 0. The normalized spacial score (nSPS) is 23.2. The van der Waals surface area contributed by atoms with Gasteiger partial charge in [0, 0.05) is 32.2 Å². The first kappa shape index (κ1) is 16.9. The van der Waals surface area contributed by atoms with Crippen molar-refractivity contribution in [3.8, 4) is 0 Å². The van der Waals surface area contributed by atoms with Crippen molar-refractivity contribution in [2.24, 2.45) is 0 Å². The molecule has 23 heavy (non-hydrogen) atoms. The SMILES string of the molecule is CCN(CCCN1CCN(C)CC1)C1CCCc2ccccc21. The van der Waals surface area contributed by atoms with E-state index in [9.17, 15) is 0 Å². The van der Waals surface area contributed by atoms with Crippen LogP contribution in [0.4, 0.5) is 0 Å². The molecule has 1 saturated heterocycles. The number of piperazine rings is 1. The van der Waals surface area contributed by atoms with Gasteiger partial charge in [0.25, 0.3) is 0 Å². The molecule has 1 aromatic rings. The summed E-state index contributed by atoms with van der Waals surface area (Å²) in [7, 11) is 2.23.